The van der Waals surface area contributed by atoms with E-state index in [1.807, 2.05) is 19.9 Å². The van der Waals surface area contributed by atoms with E-state index in [-0.39, 0.29) is 23.1 Å². The molecule has 2 saturated heterocycles. The zero-order valence-corrected chi connectivity index (χ0v) is 19.7. The van der Waals surface area contributed by atoms with Crippen LogP contribution in [0.3, 0.4) is 0 Å². The van der Waals surface area contributed by atoms with E-state index in [1.165, 1.54) is 24.6 Å². The highest BCUT2D eigenvalue weighted by molar-refractivity contribution is 8.26. The van der Waals surface area contributed by atoms with E-state index >= 15 is 0 Å². The minimum atomic E-state index is -0.293. The molecule has 0 aliphatic carbocycles. The Balaban J connectivity index is 2.18. The maximum atomic E-state index is 13.1. The van der Waals surface area contributed by atoms with Gasteiger partial charge in [-0.1, -0.05) is 43.7 Å². The molecule has 2 aliphatic rings. The topological polar surface area (TPSA) is 69.3 Å². The van der Waals surface area contributed by atoms with Crippen molar-refractivity contribution >= 4 is 46.1 Å². The number of thiocarbonyl (C=S) groups is 1. The van der Waals surface area contributed by atoms with E-state index in [2.05, 4.69) is 11.0 Å². The molecule has 160 valence electrons. The Kier molecular flexibility index (Phi) is 7.04. The molecule has 1 aromatic rings. The lowest BCUT2D eigenvalue weighted by Gasteiger charge is -2.28. The molecule has 0 bridgehead atoms. The summed E-state index contributed by atoms with van der Waals surface area (Å²) in [5, 5.41) is 9.60. The summed E-state index contributed by atoms with van der Waals surface area (Å²) in [5.74, 6) is 0.681. The number of hydrogen-bond donors (Lipinski definition) is 0. The molecule has 1 aromatic heterocycles. The van der Waals surface area contributed by atoms with E-state index in [1.54, 1.807) is 23.4 Å². The van der Waals surface area contributed by atoms with E-state index < -0.39 is 0 Å². The molecule has 0 saturated carbocycles. The summed E-state index contributed by atoms with van der Waals surface area (Å²) in [5.41, 5.74) is 1.21. The average Bonchev–Trinajstić information content (AvgIpc) is 2.90. The van der Waals surface area contributed by atoms with Gasteiger partial charge >= 0.3 is 0 Å². The van der Waals surface area contributed by atoms with Crippen molar-refractivity contribution in [3.05, 3.63) is 31.9 Å². The van der Waals surface area contributed by atoms with Gasteiger partial charge in [-0.2, -0.15) is 5.26 Å². The third-order valence-electron chi connectivity index (χ3n) is 6.00. The third-order valence-corrected chi connectivity index (χ3v) is 7.33. The van der Waals surface area contributed by atoms with E-state index in [0.717, 1.165) is 43.7 Å². The fraction of sp³-hybridized carbons (Fsp3) is 0.545. The summed E-state index contributed by atoms with van der Waals surface area (Å²) in [6.07, 6.45) is 7.10. The van der Waals surface area contributed by atoms with Crippen molar-refractivity contribution in [2.24, 2.45) is 7.05 Å². The highest BCUT2D eigenvalue weighted by Gasteiger charge is 2.35. The molecule has 0 aromatic carbocycles. The molecule has 3 rings (SSSR count). The van der Waals surface area contributed by atoms with Crippen LogP contribution in [0.1, 0.15) is 62.6 Å². The molecule has 0 N–H and O–H groups in total. The van der Waals surface area contributed by atoms with E-state index in [0.29, 0.717) is 14.8 Å². The number of aromatic nitrogens is 1. The van der Waals surface area contributed by atoms with Crippen LogP contribution >= 0.6 is 24.0 Å². The van der Waals surface area contributed by atoms with Gasteiger partial charge in [0.05, 0.1) is 4.91 Å². The first-order chi connectivity index (χ1) is 14.3. The third kappa shape index (κ3) is 4.06. The molecule has 0 spiro atoms. The van der Waals surface area contributed by atoms with Crippen LogP contribution in [0.15, 0.2) is 9.70 Å². The Morgan fingerprint density at radius 3 is 2.43 bits per heavy atom. The van der Waals surface area contributed by atoms with Crippen molar-refractivity contribution in [3.63, 3.8) is 0 Å². The number of anilines is 1. The minimum absolute atomic E-state index is 0.0318. The van der Waals surface area contributed by atoms with Gasteiger partial charge in [0, 0.05) is 31.7 Å². The molecule has 30 heavy (non-hydrogen) atoms. The fourth-order valence-electron chi connectivity index (χ4n) is 4.05. The van der Waals surface area contributed by atoms with Gasteiger partial charge < -0.3 is 4.90 Å². The van der Waals surface area contributed by atoms with Crippen LogP contribution in [-0.2, 0) is 11.8 Å². The Bertz CT molecular complexity index is 998. The fourth-order valence-corrected chi connectivity index (χ4v) is 5.49. The minimum Gasteiger partial charge on any atom is -0.357 e. The first kappa shape index (κ1) is 22.6. The van der Waals surface area contributed by atoms with Crippen LogP contribution in [-0.4, -0.2) is 38.8 Å². The lowest BCUT2D eigenvalue weighted by Crippen LogP contribution is -2.36. The smallest absolute Gasteiger partial charge is 0.270 e. The zero-order valence-electron chi connectivity index (χ0n) is 18.0. The normalized spacial score (nSPS) is 19.9. The molecular formula is C22H28N4O2S2. The largest absolute Gasteiger partial charge is 0.357 e. The number of nitrogens with zero attached hydrogens (tertiary/aromatic N) is 4. The Hall–Kier alpha value is -2.11. The van der Waals surface area contributed by atoms with Crippen LogP contribution in [0.25, 0.3) is 6.08 Å². The van der Waals surface area contributed by atoms with Crippen LogP contribution in [0, 0.1) is 18.3 Å². The van der Waals surface area contributed by atoms with Crippen molar-refractivity contribution in [2.75, 3.05) is 18.0 Å². The second kappa shape index (κ2) is 9.36. The van der Waals surface area contributed by atoms with Gasteiger partial charge in [0.1, 0.15) is 21.8 Å². The van der Waals surface area contributed by atoms with E-state index in [4.69, 9.17) is 12.2 Å². The monoisotopic (exact) mass is 444 g/mol. The predicted octanol–water partition coefficient (Wildman–Crippen LogP) is 3.95. The van der Waals surface area contributed by atoms with Gasteiger partial charge in [-0.25, -0.2) is 0 Å². The number of thioether (sulfide) groups is 1. The second-order valence-electron chi connectivity index (χ2n) is 7.92. The van der Waals surface area contributed by atoms with Gasteiger partial charge in [0.2, 0.25) is 0 Å². The maximum Gasteiger partial charge on any atom is 0.270 e. The van der Waals surface area contributed by atoms with Crippen LogP contribution < -0.4 is 10.5 Å². The Morgan fingerprint density at radius 1 is 1.23 bits per heavy atom. The van der Waals surface area contributed by atoms with Gasteiger partial charge in [0.25, 0.3) is 11.5 Å². The maximum absolute atomic E-state index is 13.1. The van der Waals surface area contributed by atoms with Gasteiger partial charge in [-0.3, -0.25) is 19.1 Å². The number of rotatable bonds is 4. The number of carbonyl (C=O) groups excluding carboxylic acids is 1. The molecule has 2 fully saturated rings. The lowest BCUT2D eigenvalue weighted by atomic mass is 10.0. The zero-order chi connectivity index (χ0) is 22.0. The first-order valence-electron chi connectivity index (χ1n) is 10.5. The van der Waals surface area contributed by atoms with Gasteiger partial charge in [-0.05, 0) is 44.7 Å². The molecule has 0 unspecified atom stereocenters. The van der Waals surface area contributed by atoms with Crippen LogP contribution in [0.4, 0.5) is 5.82 Å². The molecule has 0 radical (unpaired) electrons. The molecule has 2 aliphatic heterocycles. The average molecular weight is 445 g/mol. The van der Waals surface area contributed by atoms with Crippen molar-refractivity contribution in [1.82, 2.24) is 9.47 Å². The van der Waals surface area contributed by atoms with Crippen LogP contribution in [0.2, 0.25) is 0 Å². The Labute approximate surface area is 187 Å². The van der Waals surface area contributed by atoms with Gasteiger partial charge in [-0.15, -0.1) is 0 Å². The molecule has 3 heterocycles. The molecule has 1 amide bonds. The lowest BCUT2D eigenvalue weighted by molar-refractivity contribution is -0.123. The molecule has 8 heteroatoms. The quantitative estimate of drug-likeness (QED) is 0.517. The van der Waals surface area contributed by atoms with Crippen molar-refractivity contribution < 1.29 is 4.79 Å². The molecule has 6 nitrogen and oxygen atoms in total. The number of amides is 1. The van der Waals surface area contributed by atoms with Crippen LogP contribution in [0.5, 0.6) is 0 Å². The molecule has 1 atom stereocenters. The number of hydrogen-bond acceptors (Lipinski definition) is 6. The van der Waals surface area contributed by atoms with Crippen molar-refractivity contribution in [1.29, 1.82) is 5.26 Å². The summed E-state index contributed by atoms with van der Waals surface area (Å²) in [6.45, 7) is 7.52. The summed E-state index contributed by atoms with van der Waals surface area (Å²) in [6, 6.07) is 2.09. The number of carbonyl (C=O) groups is 1. The predicted molar refractivity (Wildman–Crippen MR) is 127 cm³/mol. The number of pyridine rings is 1. The van der Waals surface area contributed by atoms with E-state index in [9.17, 15) is 14.9 Å². The standard InChI is InChI=1S/C22H28N4O2S2/c1-5-14(2)26-21(28)18(30-22(26)29)12-16-15(3)17(13-23)20(27)24(4)19(16)25-10-8-6-7-9-11-25/h12,14H,5-11H2,1-4H3/b18-12+/t14-/m1/s1. The van der Waals surface area contributed by atoms with Crippen molar-refractivity contribution in [2.45, 2.75) is 58.9 Å². The second-order valence-corrected chi connectivity index (χ2v) is 9.60. The highest BCUT2D eigenvalue weighted by atomic mass is 32.2. The SMILES string of the molecule is CC[C@@H](C)N1C(=O)/C(=C\c2c(C)c(C#N)c(=O)n(C)c2N2CCCCCC2)SC1=S. The Morgan fingerprint density at radius 2 is 1.87 bits per heavy atom. The molecular weight excluding hydrogens is 416 g/mol. The summed E-state index contributed by atoms with van der Waals surface area (Å²) in [7, 11) is 1.71. The van der Waals surface area contributed by atoms with Crippen molar-refractivity contribution in [3.8, 4) is 6.07 Å². The summed E-state index contributed by atoms with van der Waals surface area (Å²) >= 11 is 6.76. The van der Waals surface area contributed by atoms with Gasteiger partial charge in [0.15, 0.2) is 0 Å². The summed E-state index contributed by atoms with van der Waals surface area (Å²) < 4.78 is 2.12. The summed E-state index contributed by atoms with van der Waals surface area (Å²) in [4.78, 5) is 30.4. The highest BCUT2D eigenvalue weighted by Crippen LogP contribution is 2.37. The number of nitriles is 1. The first-order valence-corrected chi connectivity index (χ1v) is 11.7.